The van der Waals surface area contributed by atoms with Crippen molar-refractivity contribution in [3.05, 3.63) is 87.7 Å². The van der Waals surface area contributed by atoms with Crippen LogP contribution >= 0.6 is 35.0 Å². The van der Waals surface area contributed by atoms with Crippen molar-refractivity contribution in [3.63, 3.8) is 0 Å². The Bertz CT molecular complexity index is 1390. The fraction of sp³-hybridized carbons (Fsp3) is 0.367. The lowest BCUT2D eigenvalue weighted by atomic mass is 10.0. The SMILES string of the molecule is O=C(CN1CCSC1C(=O)OC(Cc1c(Cl)cncc1Cl)c1ccc(OC(F)F)c(OCC2CC2)c1)c1ccccc1. The van der Waals surface area contributed by atoms with Crippen molar-refractivity contribution < 1.29 is 32.6 Å². The minimum absolute atomic E-state index is 0.0578. The molecule has 2 atom stereocenters. The molecule has 0 amide bonds. The van der Waals surface area contributed by atoms with Crippen LogP contribution in [0.2, 0.25) is 10.0 Å². The molecule has 0 bridgehead atoms. The molecule has 12 heteroatoms. The first kappa shape index (κ1) is 30.5. The first-order valence-electron chi connectivity index (χ1n) is 13.4. The Balaban J connectivity index is 1.40. The number of alkyl halides is 2. The van der Waals surface area contributed by atoms with E-state index in [1.807, 2.05) is 6.07 Å². The van der Waals surface area contributed by atoms with E-state index >= 15 is 0 Å². The number of halogens is 4. The normalized spacial score (nSPS) is 17.7. The number of Topliss-reactive ketones (excluding diaryl/α,β-unsaturated/α-hetero) is 1. The number of benzene rings is 2. The van der Waals surface area contributed by atoms with E-state index in [2.05, 4.69) is 9.72 Å². The summed E-state index contributed by atoms with van der Waals surface area (Å²) in [5, 5.41) is -0.135. The summed E-state index contributed by atoms with van der Waals surface area (Å²) in [6.07, 6.45) is 4.07. The molecule has 0 N–H and O–H groups in total. The van der Waals surface area contributed by atoms with Gasteiger partial charge in [-0.25, -0.2) is 4.79 Å². The van der Waals surface area contributed by atoms with Gasteiger partial charge in [-0.1, -0.05) is 59.6 Å². The molecule has 5 rings (SSSR count). The highest BCUT2D eigenvalue weighted by molar-refractivity contribution is 8.00. The number of rotatable bonds is 13. The largest absolute Gasteiger partial charge is 0.489 e. The van der Waals surface area contributed by atoms with Gasteiger partial charge in [0.05, 0.1) is 23.2 Å². The smallest absolute Gasteiger partial charge is 0.387 e. The summed E-state index contributed by atoms with van der Waals surface area (Å²) < 4.78 is 42.8. The van der Waals surface area contributed by atoms with Gasteiger partial charge in [0.2, 0.25) is 0 Å². The molecule has 2 unspecified atom stereocenters. The summed E-state index contributed by atoms with van der Waals surface area (Å²) in [6.45, 7) is -2.08. The van der Waals surface area contributed by atoms with Gasteiger partial charge in [-0.3, -0.25) is 14.7 Å². The molecule has 1 saturated heterocycles. The van der Waals surface area contributed by atoms with Crippen LogP contribution in [0.25, 0.3) is 0 Å². The number of pyridine rings is 1. The number of hydrogen-bond donors (Lipinski definition) is 0. The molecule has 7 nitrogen and oxygen atoms in total. The number of ether oxygens (including phenoxy) is 3. The fourth-order valence-electron chi connectivity index (χ4n) is 4.55. The third kappa shape index (κ3) is 7.92. The van der Waals surface area contributed by atoms with E-state index < -0.39 is 24.1 Å². The number of carbonyl (C=O) groups is 2. The van der Waals surface area contributed by atoms with E-state index in [0.717, 1.165) is 12.8 Å². The van der Waals surface area contributed by atoms with Gasteiger partial charge in [-0.15, -0.1) is 11.8 Å². The van der Waals surface area contributed by atoms with E-state index in [1.54, 1.807) is 41.3 Å². The predicted molar refractivity (Wildman–Crippen MR) is 157 cm³/mol. The van der Waals surface area contributed by atoms with Crippen molar-refractivity contribution in [1.29, 1.82) is 0 Å². The average Bonchev–Trinajstić information content (AvgIpc) is 3.69. The number of hydrogen-bond acceptors (Lipinski definition) is 8. The third-order valence-electron chi connectivity index (χ3n) is 6.96. The zero-order valence-corrected chi connectivity index (χ0v) is 24.7. The van der Waals surface area contributed by atoms with E-state index in [9.17, 15) is 18.4 Å². The van der Waals surface area contributed by atoms with Crippen LogP contribution in [0.1, 0.15) is 40.4 Å². The molecule has 1 aliphatic heterocycles. The van der Waals surface area contributed by atoms with Gasteiger partial charge in [0.15, 0.2) is 22.7 Å². The van der Waals surface area contributed by atoms with Gasteiger partial charge in [0.25, 0.3) is 0 Å². The molecule has 2 heterocycles. The van der Waals surface area contributed by atoms with Gasteiger partial charge in [0.1, 0.15) is 6.10 Å². The zero-order chi connectivity index (χ0) is 29.6. The van der Waals surface area contributed by atoms with Crippen molar-refractivity contribution in [1.82, 2.24) is 9.88 Å². The second kappa shape index (κ2) is 14.0. The summed E-state index contributed by atoms with van der Waals surface area (Å²) in [5.41, 5.74) is 1.55. The predicted octanol–water partition coefficient (Wildman–Crippen LogP) is 6.86. The average molecular weight is 638 g/mol. The summed E-state index contributed by atoms with van der Waals surface area (Å²) in [4.78, 5) is 32.3. The lowest BCUT2D eigenvalue weighted by Crippen LogP contribution is -2.39. The lowest BCUT2D eigenvalue weighted by molar-refractivity contribution is -0.151. The maximum atomic E-state index is 13.6. The Morgan fingerprint density at radius 2 is 1.79 bits per heavy atom. The second-order valence-corrected chi connectivity index (χ2v) is 12.0. The van der Waals surface area contributed by atoms with Gasteiger partial charge in [-0.2, -0.15) is 8.78 Å². The summed E-state index contributed by atoms with van der Waals surface area (Å²) in [7, 11) is 0. The first-order chi connectivity index (χ1) is 20.3. The fourth-order valence-corrected chi connectivity index (χ4v) is 6.22. The minimum Gasteiger partial charge on any atom is -0.489 e. The Labute approximate surface area is 256 Å². The van der Waals surface area contributed by atoms with Gasteiger partial charge < -0.3 is 14.2 Å². The molecule has 2 aromatic carbocycles. The highest BCUT2D eigenvalue weighted by Crippen LogP contribution is 2.38. The molecule has 0 radical (unpaired) electrons. The van der Waals surface area contributed by atoms with Crippen LogP contribution in [0.3, 0.4) is 0 Å². The van der Waals surface area contributed by atoms with E-state index in [1.165, 1.54) is 30.2 Å². The molecule has 222 valence electrons. The van der Waals surface area contributed by atoms with E-state index in [4.69, 9.17) is 32.7 Å². The van der Waals surface area contributed by atoms with Crippen LogP contribution in [-0.2, 0) is 16.0 Å². The van der Waals surface area contributed by atoms with E-state index in [-0.39, 0.29) is 40.3 Å². The number of nitrogens with zero attached hydrogens (tertiary/aromatic N) is 2. The summed E-state index contributed by atoms with van der Waals surface area (Å²) in [6, 6.07) is 13.3. The maximum absolute atomic E-state index is 13.6. The molecular formula is C30H28Cl2F2N2O5S. The topological polar surface area (TPSA) is 78.0 Å². The Kier molecular flexibility index (Phi) is 10.2. The number of ketones is 1. The van der Waals surface area contributed by atoms with Crippen LogP contribution in [0.4, 0.5) is 8.78 Å². The third-order valence-corrected chi connectivity index (χ3v) is 8.83. The van der Waals surface area contributed by atoms with Crippen molar-refractivity contribution in [3.8, 4) is 11.5 Å². The first-order valence-corrected chi connectivity index (χ1v) is 15.2. The summed E-state index contributed by atoms with van der Waals surface area (Å²) >= 11 is 14.2. The van der Waals surface area contributed by atoms with Crippen LogP contribution in [-0.4, -0.2) is 59.1 Å². The Hall–Kier alpha value is -2.92. The van der Waals surface area contributed by atoms with Gasteiger partial charge >= 0.3 is 12.6 Å². The summed E-state index contributed by atoms with van der Waals surface area (Å²) in [5.74, 6) is 0.371. The number of thioether (sulfide) groups is 1. The highest BCUT2D eigenvalue weighted by Gasteiger charge is 2.36. The number of aromatic nitrogens is 1. The van der Waals surface area contributed by atoms with Crippen LogP contribution in [0, 0.1) is 5.92 Å². The van der Waals surface area contributed by atoms with Crippen molar-refractivity contribution in [2.24, 2.45) is 5.92 Å². The van der Waals surface area contributed by atoms with Crippen molar-refractivity contribution in [2.75, 3.05) is 25.4 Å². The molecule has 0 spiro atoms. The van der Waals surface area contributed by atoms with Crippen LogP contribution in [0.15, 0.2) is 60.9 Å². The second-order valence-electron chi connectivity index (χ2n) is 10.0. The molecule has 3 aromatic rings. The Morgan fingerprint density at radius 3 is 2.48 bits per heavy atom. The molecule has 2 fully saturated rings. The zero-order valence-electron chi connectivity index (χ0n) is 22.4. The van der Waals surface area contributed by atoms with Gasteiger partial charge in [0, 0.05) is 36.7 Å². The van der Waals surface area contributed by atoms with Crippen LogP contribution < -0.4 is 9.47 Å². The van der Waals surface area contributed by atoms with Gasteiger partial charge in [-0.05, 0) is 42.0 Å². The molecular weight excluding hydrogens is 609 g/mol. The maximum Gasteiger partial charge on any atom is 0.387 e. The Morgan fingerprint density at radius 1 is 1.05 bits per heavy atom. The highest BCUT2D eigenvalue weighted by atomic mass is 35.5. The standard InChI is InChI=1S/C30H28Cl2F2N2O5S/c31-22-14-35-15-23(32)21(22)13-26(20-8-9-25(41-30(33)34)27(12-20)39-17-18-6-7-18)40-29(38)28-36(10-11-42-28)16-24(37)19-4-2-1-3-5-19/h1-5,8-9,12,14-15,18,26,28,30H,6-7,10-11,13,16-17H2. The lowest BCUT2D eigenvalue weighted by Gasteiger charge is -2.26. The molecule has 1 aromatic heterocycles. The number of esters is 1. The number of carbonyl (C=O) groups excluding carboxylic acids is 2. The van der Waals surface area contributed by atoms with Crippen molar-refractivity contribution >= 4 is 46.7 Å². The molecule has 42 heavy (non-hydrogen) atoms. The minimum atomic E-state index is -3.04. The van der Waals surface area contributed by atoms with Crippen molar-refractivity contribution in [2.45, 2.75) is 37.4 Å². The molecule has 2 aliphatic rings. The monoisotopic (exact) mass is 636 g/mol. The molecule has 1 aliphatic carbocycles. The van der Waals surface area contributed by atoms with Crippen LogP contribution in [0.5, 0.6) is 11.5 Å². The van der Waals surface area contributed by atoms with E-state index in [0.29, 0.717) is 41.5 Å². The molecule has 1 saturated carbocycles. The quantitative estimate of drug-likeness (QED) is 0.149.